The van der Waals surface area contributed by atoms with E-state index in [4.69, 9.17) is 0 Å². The first-order chi connectivity index (χ1) is 4.75. The molecule has 1 nitrogen and oxygen atoms in total. The molecule has 0 aliphatic rings. The molecule has 0 amide bonds. The van der Waals surface area contributed by atoms with Crippen molar-refractivity contribution in [3.63, 3.8) is 0 Å². The molecule has 54 valence electrons. The first-order valence-electron chi connectivity index (χ1n) is 2.87. The monoisotopic (exact) mass is 143 g/mol. The van der Waals surface area contributed by atoms with Crippen molar-refractivity contribution >= 4 is 5.69 Å². The van der Waals surface area contributed by atoms with Gasteiger partial charge in [-0.15, -0.1) is 4.48 Å². The summed E-state index contributed by atoms with van der Waals surface area (Å²) in [4.78, 5) is 0. The Morgan fingerprint density at radius 3 is 2.60 bits per heavy atom. The van der Waals surface area contributed by atoms with E-state index < -0.39 is 5.82 Å². The lowest BCUT2D eigenvalue weighted by atomic mass is 10.2. The molecule has 0 fully saturated rings. The van der Waals surface area contributed by atoms with Crippen LogP contribution in [0.3, 0.4) is 0 Å². The summed E-state index contributed by atoms with van der Waals surface area (Å²) in [6.45, 7) is 1.51. The molecule has 1 N–H and O–H groups in total. The molecular formula is C7H7F2N. The van der Waals surface area contributed by atoms with E-state index in [0.29, 0.717) is 5.56 Å². The van der Waals surface area contributed by atoms with E-state index in [2.05, 4.69) is 0 Å². The fraction of sp³-hybridized carbons (Fsp3) is 0.143. The summed E-state index contributed by atoms with van der Waals surface area (Å²) < 4.78 is 24.3. The van der Waals surface area contributed by atoms with Gasteiger partial charge in [0.15, 0.2) is 0 Å². The van der Waals surface area contributed by atoms with Gasteiger partial charge in [0.05, 0.1) is 5.69 Å². The van der Waals surface area contributed by atoms with Gasteiger partial charge in [-0.05, 0) is 19.1 Å². The minimum atomic E-state index is -0.400. The molecule has 0 aromatic heterocycles. The van der Waals surface area contributed by atoms with Crippen molar-refractivity contribution in [2.75, 3.05) is 5.54 Å². The quantitative estimate of drug-likeness (QED) is 0.595. The standard InChI is InChI=1S/C7H7F2N/c1-5-6(8)3-2-4-7(5)10-9/h2-4,10H,1H3. The van der Waals surface area contributed by atoms with Crippen LogP contribution < -0.4 is 5.54 Å². The summed E-state index contributed by atoms with van der Waals surface area (Å²) in [6.07, 6.45) is 0. The third-order valence-electron chi connectivity index (χ3n) is 1.37. The molecule has 0 atom stereocenters. The van der Waals surface area contributed by atoms with Crippen LogP contribution in [0.2, 0.25) is 0 Å². The van der Waals surface area contributed by atoms with Crippen LogP contribution in [-0.4, -0.2) is 0 Å². The number of nitrogens with one attached hydrogen (secondary N) is 1. The van der Waals surface area contributed by atoms with Crippen LogP contribution in [-0.2, 0) is 0 Å². The number of hydrogen-bond acceptors (Lipinski definition) is 1. The maximum absolute atomic E-state index is 12.6. The molecule has 0 saturated heterocycles. The molecule has 0 unspecified atom stereocenters. The second-order valence-corrected chi connectivity index (χ2v) is 2.01. The van der Waals surface area contributed by atoms with Gasteiger partial charge < -0.3 is 0 Å². The molecule has 0 spiro atoms. The highest BCUT2D eigenvalue weighted by Crippen LogP contribution is 2.16. The Hall–Kier alpha value is -1.12. The molecule has 10 heavy (non-hydrogen) atoms. The average Bonchev–Trinajstić information content (AvgIpc) is 1.95. The minimum absolute atomic E-state index is 0.181. The van der Waals surface area contributed by atoms with Gasteiger partial charge in [0, 0.05) is 5.56 Å². The lowest BCUT2D eigenvalue weighted by Gasteiger charge is -2.00. The Labute approximate surface area is 57.6 Å². The van der Waals surface area contributed by atoms with E-state index in [1.54, 1.807) is 0 Å². The first-order valence-corrected chi connectivity index (χ1v) is 2.87. The molecule has 1 aromatic carbocycles. The van der Waals surface area contributed by atoms with E-state index in [9.17, 15) is 8.87 Å². The largest absolute Gasteiger partial charge is 0.224 e. The van der Waals surface area contributed by atoms with Crippen molar-refractivity contribution in [2.45, 2.75) is 6.92 Å². The number of halogens is 2. The first kappa shape index (κ1) is 6.99. The van der Waals surface area contributed by atoms with Gasteiger partial charge in [-0.2, -0.15) is 0 Å². The molecule has 1 aromatic rings. The van der Waals surface area contributed by atoms with E-state index in [0.717, 1.165) is 0 Å². The zero-order valence-electron chi connectivity index (χ0n) is 5.49. The van der Waals surface area contributed by atoms with Crippen molar-refractivity contribution in [3.05, 3.63) is 29.6 Å². The summed E-state index contributed by atoms with van der Waals surface area (Å²) in [5.41, 5.74) is 1.87. The molecule has 0 aliphatic heterocycles. The summed E-state index contributed by atoms with van der Waals surface area (Å²) in [7, 11) is 0. The summed E-state index contributed by atoms with van der Waals surface area (Å²) in [5, 5.41) is 0. The SMILES string of the molecule is Cc1c(F)cccc1NF. The second kappa shape index (κ2) is 2.64. The predicted molar refractivity (Wildman–Crippen MR) is 35.9 cm³/mol. The topological polar surface area (TPSA) is 12.0 Å². The van der Waals surface area contributed by atoms with E-state index in [1.165, 1.54) is 30.7 Å². The molecule has 0 radical (unpaired) electrons. The van der Waals surface area contributed by atoms with Gasteiger partial charge in [0.25, 0.3) is 0 Å². The lowest BCUT2D eigenvalue weighted by molar-refractivity contribution is 0.599. The average molecular weight is 143 g/mol. The Kier molecular flexibility index (Phi) is 1.85. The van der Waals surface area contributed by atoms with Crippen molar-refractivity contribution < 1.29 is 8.87 Å². The van der Waals surface area contributed by atoms with Gasteiger partial charge in [-0.1, -0.05) is 6.07 Å². The Morgan fingerprint density at radius 2 is 2.10 bits per heavy atom. The zero-order chi connectivity index (χ0) is 7.56. The van der Waals surface area contributed by atoms with E-state index in [-0.39, 0.29) is 5.69 Å². The fourth-order valence-electron chi connectivity index (χ4n) is 0.710. The number of rotatable bonds is 1. The molecule has 0 bridgehead atoms. The third kappa shape index (κ3) is 1.07. The van der Waals surface area contributed by atoms with Crippen LogP contribution in [0.4, 0.5) is 14.6 Å². The highest BCUT2D eigenvalue weighted by molar-refractivity contribution is 5.48. The molecule has 0 aliphatic carbocycles. The van der Waals surface area contributed by atoms with Crippen molar-refractivity contribution in [1.82, 2.24) is 0 Å². The second-order valence-electron chi connectivity index (χ2n) is 2.01. The molecular weight excluding hydrogens is 136 g/mol. The zero-order valence-corrected chi connectivity index (χ0v) is 5.49. The summed E-state index contributed by atoms with van der Waals surface area (Å²) in [5.74, 6) is -0.400. The number of anilines is 1. The fourth-order valence-corrected chi connectivity index (χ4v) is 0.710. The van der Waals surface area contributed by atoms with E-state index >= 15 is 0 Å². The van der Waals surface area contributed by atoms with Gasteiger partial charge in [-0.25, -0.2) is 9.93 Å². The maximum atomic E-state index is 12.6. The molecule has 1 rings (SSSR count). The Bertz CT molecular complexity index is 235. The number of benzene rings is 1. The highest BCUT2D eigenvalue weighted by atomic mass is 19.2. The van der Waals surface area contributed by atoms with Crippen molar-refractivity contribution in [2.24, 2.45) is 0 Å². The normalized spacial score (nSPS) is 9.50. The van der Waals surface area contributed by atoms with Crippen LogP contribution in [0.1, 0.15) is 5.56 Å². The minimum Gasteiger partial charge on any atom is -0.224 e. The van der Waals surface area contributed by atoms with Crippen LogP contribution >= 0.6 is 0 Å². The van der Waals surface area contributed by atoms with Gasteiger partial charge in [0.1, 0.15) is 5.82 Å². The smallest absolute Gasteiger partial charge is 0.128 e. The number of hydrogen-bond donors (Lipinski definition) is 1. The van der Waals surface area contributed by atoms with Crippen LogP contribution in [0.15, 0.2) is 18.2 Å². The van der Waals surface area contributed by atoms with Crippen molar-refractivity contribution in [3.8, 4) is 0 Å². The van der Waals surface area contributed by atoms with Gasteiger partial charge in [0.2, 0.25) is 0 Å². The van der Waals surface area contributed by atoms with Crippen LogP contribution in [0, 0.1) is 12.7 Å². The predicted octanol–water partition coefficient (Wildman–Crippen LogP) is 2.43. The Balaban J connectivity index is 3.14. The maximum Gasteiger partial charge on any atom is 0.128 e. The Morgan fingerprint density at radius 1 is 1.40 bits per heavy atom. The van der Waals surface area contributed by atoms with Gasteiger partial charge in [-0.3, -0.25) is 0 Å². The summed E-state index contributed by atoms with van der Waals surface area (Å²) in [6, 6.07) is 4.21. The van der Waals surface area contributed by atoms with Crippen LogP contribution in [0.25, 0.3) is 0 Å². The lowest BCUT2D eigenvalue weighted by Crippen LogP contribution is -1.89. The third-order valence-corrected chi connectivity index (χ3v) is 1.37. The van der Waals surface area contributed by atoms with Crippen LogP contribution in [0.5, 0.6) is 0 Å². The summed E-state index contributed by atoms with van der Waals surface area (Å²) >= 11 is 0. The molecule has 0 heterocycles. The molecule has 0 saturated carbocycles. The van der Waals surface area contributed by atoms with Gasteiger partial charge >= 0.3 is 0 Å². The highest BCUT2D eigenvalue weighted by Gasteiger charge is 2.00. The van der Waals surface area contributed by atoms with Crippen molar-refractivity contribution in [1.29, 1.82) is 0 Å². The molecule has 3 heteroatoms. The van der Waals surface area contributed by atoms with E-state index in [1.807, 2.05) is 0 Å².